The van der Waals surface area contributed by atoms with E-state index in [0.29, 0.717) is 11.8 Å². The predicted octanol–water partition coefficient (Wildman–Crippen LogP) is 2.44. The molecule has 0 spiro atoms. The minimum atomic E-state index is 0.418. The summed E-state index contributed by atoms with van der Waals surface area (Å²) in [5, 5.41) is 0. The molecule has 1 heterocycles. The molecule has 0 unspecified atom stereocenters. The smallest absolute Gasteiger partial charge is 0.225 e. The van der Waals surface area contributed by atoms with E-state index in [1.54, 1.807) is 0 Å². The zero-order valence-corrected chi connectivity index (χ0v) is 9.45. The summed E-state index contributed by atoms with van der Waals surface area (Å²) in [6, 6.07) is 0. The van der Waals surface area contributed by atoms with Crippen LogP contribution in [0.15, 0.2) is 0 Å². The van der Waals surface area contributed by atoms with Gasteiger partial charge in [-0.25, -0.2) is 0 Å². The summed E-state index contributed by atoms with van der Waals surface area (Å²) in [7, 11) is 0. The van der Waals surface area contributed by atoms with E-state index < -0.39 is 0 Å². The van der Waals surface area contributed by atoms with Gasteiger partial charge in [0.15, 0.2) is 0 Å². The molecule has 2 nitrogen and oxygen atoms in total. The van der Waals surface area contributed by atoms with E-state index in [2.05, 4.69) is 4.90 Å². The van der Waals surface area contributed by atoms with Crippen molar-refractivity contribution >= 4 is 5.91 Å². The van der Waals surface area contributed by atoms with Crippen molar-refractivity contribution in [2.45, 2.75) is 44.9 Å². The molecule has 0 radical (unpaired) electrons. The van der Waals surface area contributed by atoms with Gasteiger partial charge in [-0.1, -0.05) is 6.42 Å². The summed E-state index contributed by atoms with van der Waals surface area (Å²) >= 11 is 0. The van der Waals surface area contributed by atoms with Crippen LogP contribution in [-0.4, -0.2) is 23.9 Å². The zero-order chi connectivity index (χ0) is 10.3. The number of nitrogens with zero attached hydrogens (tertiary/aromatic N) is 1. The lowest BCUT2D eigenvalue weighted by Crippen LogP contribution is -2.41. The summed E-state index contributed by atoms with van der Waals surface area (Å²) in [5.74, 6) is 2.57. The Morgan fingerprint density at radius 3 is 2.40 bits per heavy atom. The van der Waals surface area contributed by atoms with Gasteiger partial charge in [0.25, 0.3) is 0 Å². The van der Waals surface area contributed by atoms with Crippen LogP contribution in [0.5, 0.6) is 0 Å². The first-order valence-corrected chi connectivity index (χ1v) is 6.63. The Hall–Kier alpha value is -0.530. The first-order chi connectivity index (χ1) is 7.34. The number of hydrogen-bond acceptors (Lipinski definition) is 1. The van der Waals surface area contributed by atoms with Crippen LogP contribution in [-0.2, 0) is 4.79 Å². The van der Waals surface area contributed by atoms with Crippen LogP contribution >= 0.6 is 0 Å². The van der Waals surface area contributed by atoms with E-state index in [0.717, 1.165) is 24.9 Å². The molecule has 1 amide bonds. The van der Waals surface area contributed by atoms with Crippen molar-refractivity contribution in [1.82, 2.24) is 4.90 Å². The van der Waals surface area contributed by atoms with E-state index in [4.69, 9.17) is 0 Å². The van der Waals surface area contributed by atoms with E-state index in [1.807, 2.05) is 0 Å². The minimum Gasteiger partial charge on any atom is -0.342 e. The third-order valence-corrected chi connectivity index (χ3v) is 4.72. The molecule has 3 aliphatic rings. The number of hydrogen-bond donors (Lipinski definition) is 0. The van der Waals surface area contributed by atoms with Crippen molar-refractivity contribution in [1.29, 1.82) is 0 Å². The Kier molecular flexibility index (Phi) is 2.45. The molecule has 15 heavy (non-hydrogen) atoms. The maximum absolute atomic E-state index is 12.3. The summed E-state index contributed by atoms with van der Waals surface area (Å²) < 4.78 is 0. The molecule has 2 heteroatoms. The van der Waals surface area contributed by atoms with Gasteiger partial charge in [0, 0.05) is 19.0 Å². The van der Waals surface area contributed by atoms with Crippen molar-refractivity contribution in [3.63, 3.8) is 0 Å². The second-order valence-electron chi connectivity index (χ2n) is 5.67. The third-order valence-electron chi connectivity index (χ3n) is 4.72. The van der Waals surface area contributed by atoms with Crippen molar-refractivity contribution in [2.24, 2.45) is 17.8 Å². The van der Waals surface area contributed by atoms with Gasteiger partial charge in [-0.05, 0) is 50.4 Å². The molecule has 2 bridgehead atoms. The molecule has 1 aliphatic heterocycles. The summed E-state index contributed by atoms with van der Waals surface area (Å²) in [6.07, 6.45) is 9.06. The monoisotopic (exact) mass is 207 g/mol. The fourth-order valence-electron chi connectivity index (χ4n) is 3.90. The van der Waals surface area contributed by atoms with Gasteiger partial charge in [-0.2, -0.15) is 0 Å². The zero-order valence-electron chi connectivity index (χ0n) is 9.45. The number of likely N-dealkylation sites (tertiary alicyclic amines) is 1. The van der Waals surface area contributed by atoms with Crippen LogP contribution in [0.3, 0.4) is 0 Å². The van der Waals surface area contributed by atoms with Gasteiger partial charge in [0.05, 0.1) is 0 Å². The number of fused-ring (bicyclic) bond motifs is 2. The molecule has 0 aromatic rings. The molecule has 2 saturated carbocycles. The van der Waals surface area contributed by atoms with Crippen LogP contribution in [0, 0.1) is 17.8 Å². The second kappa shape index (κ2) is 3.80. The molecule has 84 valence electrons. The van der Waals surface area contributed by atoms with Crippen LogP contribution in [0.4, 0.5) is 0 Å². The Balaban J connectivity index is 1.64. The fraction of sp³-hybridized carbons (Fsp3) is 0.923. The Morgan fingerprint density at radius 1 is 1.00 bits per heavy atom. The molecule has 3 rings (SSSR count). The van der Waals surface area contributed by atoms with Crippen LogP contribution in [0.1, 0.15) is 44.9 Å². The molecule has 1 saturated heterocycles. The largest absolute Gasteiger partial charge is 0.342 e. The van der Waals surface area contributed by atoms with Crippen molar-refractivity contribution in [2.75, 3.05) is 13.1 Å². The predicted molar refractivity (Wildman–Crippen MR) is 59.4 cm³/mol. The first-order valence-electron chi connectivity index (χ1n) is 6.63. The van der Waals surface area contributed by atoms with Crippen LogP contribution < -0.4 is 0 Å². The van der Waals surface area contributed by atoms with E-state index in [-0.39, 0.29) is 0 Å². The maximum Gasteiger partial charge on any atom is 0.225 e. The van der Waals surface area contributed by atoms with Crippen molar-refractivity contribution in [3.8, 4) is 0 Å². The van der Waals surface area contributed by atoms with Gasteiger partial charge >= 0.3 is 0 Å². The van der Waals surface area contributed by atoms with Crippen molar-refractivity contribution < 1.29 is 4.79 Å². The Morgan fingerprint density at radius 2 is 1.80 bits per heavy atom. The van der Waals surface area contributed by atoms with Gasteiger partial charge in [0.2, 0.25) is 5.91 Å². The van der Waals surface area contributed by atoms with E-state index in [9.17, 15) is 4.79 Å². The highest BCUT2D eigenvalue weighted by Gasteiger charge is 2.44. The number of carbonyl (C=O) groups excluding carboxylic acids is 1. The highest BCUT2D eigenvalue weighted by molar-refractivity contribution is 5.79. The number of rotatable bonds is 1. The first kappa shape index (κ1) is 9.68. The standard InChI is InChI=1S/C13H21NO/c15-13(14-6-2-1-3-7-14)12-9-10-4-5-11(12)8-10/h10-12H,1-9H2/t10-,11-,12-/m1/s1. The molecule has 0 aromatic heterocycles. The van der Waals surface area contributed by atoms with Gasteiger partial charge < -0.3 is 4.90 Å². The van der Waals surface area contributed by atoms with Crippen molar-refractivity contribution in [3.05, 3.63) is 0 Å². The average Bonchev–Trinajstić information content (AvgIpc) is 2.91. The lowest BCUT2D eigenvalue weighted by atomic mass is 9.87. The van der Waals surface area contributed by atoms with Crippen LogP contribution in [0.2, 0.25) is 0 Å². The second-order valence-corrected chi connectivity index (χ2v) is 5.67. The summed E-state index contributed by atoms with van der Waals surface area (Å²) in [6.45, 7) is 2.07. The molecular weight excluding hydrogens is 186 g/mol. The normalized spacial score (nSPS) is 39.7. The maximum atomic E-state index is 12.3. The molecule has 3 atom stereocenters. The molecule has 3 fully saturated rings. The van der Waals surface area contributed by atoms with E-state index in [1.165, 1.54) is 44.9 Å². The number of carbonyl (C=O) groups is 1. The van der Waals surface area contributed by atoms with Gasteiger partial charge in [-0.15, -0.1) is 0 Å². The quantitative estimate of drug-likeness (QED) is 0.646. The average molecular weight is 207 g/mol. The molecule has 0 N–H and O–H groups in total. The summed E-state index contributed by atoms with van der Waals surface area (Å²) in [4.78, 5) is 14.5. The summed E-state index contributed by atoms with van der Waals surface area (Å²) in [5.41, 5.74) is 0. The molecule has 0 aromatic carbocycles. The number of piperidine rings is 1. The van der Waals surface area contributed by atoms with Crippen LogP contribution in [0.25, 0.3) is 0 Å². The van der Waals surface area contributed by atoms with Gasteiger partial charge in [-0.3, -0.25) is 4.79 Å². The SMILES string of the molecule is O=C([C@@H]1C[C@@H]2CC[C@@H]1C2)N1CCCCC1. The third kappa shape index (κ3) is 1.68. The fourth-order valence-corrected chi connectivity index (χ4v) is 3.90. The minimum absolute atomic E-state index is 0.418. The Bertz CT molecular complexity index is 257. The van der Waals surface area contributed by atoms with E-state index >= 15 is 0 Å². The van der Waals surface area contributed by atoms with Gasteiger partial charge in [0.1, 0.15) is 0 Å². The topological polar surface area (TPSA) is 20.3 Å². The number of amides is 1. The molecular formula is C13H21NO. The highest BCUT2D eigenvalue weighted by atomic mass is 16.2. The Labute approximate surface area is 92.0 Å². The molecule has 2 aliphatic carbocycles. The lowest BCUT2D eigenvalue weighted by molar-refractivity contribution is -0.138. The highest BCUT2D eigenvalue weighted by Crippen LogP contribution is 2.48. The lowest BCUT2D eigenvalue weighted by Gasteiger charge is -2.32.